The van der Waals surface area contributed by atoms with Crippen LogP contribution in [0.3, 0.4) is 0 Å². The van der Waals surface area contributed by atoms with Crippen LogP contribution in [0.5, 0.6) is 0 Å². The molecule has 0 heterocycles. The molecule has 11 heteroatoms. The second-order valence-corrected chi connectivity index (χ2v) is 9.56. The summed E-state index contributed by atoms with van der Waals surface area (Å²) in [5, 5.41) is -7.65. The summed E-state index contributed by atoms with van der Waals surface area (Å²) < 4.78 is 144. The van der Waals surface area contributed by atoms with Gasteiger partial charge in [-0.05, 0) is 0 Å². The van der Waals surface area contributed by atoms with Crippen molar-refractivity contribution in [2.75, 3.05) is 0 Å². The number of hydrogen-bond donors (Lipinski definition) is 0. The molecule has 1 aliphatic rings. The van der Waals surface area contributed by atoms with Crippen LogP contribution in [0.25, 0.3) is 0 Å². The monoisotopic (exact) mass is 448 g/mol. The Hall–Kier alpha value is -2.09. The summed E-state index contributed by atoms with van der Waals surface area (Å²) in [4.78, 5) is 0. The SMILES string of the molecule is FC1=C(F)C(F)([PH](F)(c2ccccc2)c2ccccc2)C(F)(F)C(F)(F)C1(F)F. The van der Waals surface area contributed by atoms with E-state index in [9.17, 15) is 35.1 Å². The Balaban J connectivity index is 2.49. The molecule has 158 valence electrons. The molecule has 0 nitrogen and oxygen atoms in total. The average Bonchev–Trinajstić information content (AvgIpc) is 2.71. The topological polar surface area (TPSA) is 0 Å². The Morgan fingerprint density at radius 3 is 1.31 bits per heavy atom. The van der Waals surface area contributed by atoms with Crippen LogP contribution in [0, 0.1) is 0 Å². The van der Waals surface area contributed by atoms with Gasteiger partial charge in [-0.2, -0.15) is 0 Å². The summed E-state index contributed by atoms with van der Waals surface area (Å²) in [7, 11) is -6.52. The Morgan fingerprint density at radius 1 is 0.552 bits per heavy atom. The van der Waals surface area contributed by atoms with Crippen molar-refractivity contribution in [3.05, 3.63) is 72.3 Å². The standard InChI is InChI=1S/C18H11F10P/c19-13-14(20)16(23,18(26,27)17(24,25)15(13,21)22)29(28,11-7-3-1-4-8-11)12-9-5-2-6-10-12/h1-10,29H. The molecule has 3 rings (SSSR count). The number of alkyl halides is 7. The first kappa shape index (κ1) is 21.6. The van der Waals surface area contributed by atoms with Gasteiger partial charge in [0.25, 0.3) is 0 Å². The number of hydrogen-bond acceptors (Lipinski definition) is 0. The van der Waals surface area contributed by atoms with Crippen molar-refractivity contribution in [1.29, 1.82) is 0 Å². The molecule has 0 saturated heterocycles. The third-order valence-corrected chi connectivity index (χ3v) is 8.55. The van der Waals surface area contributed by atoms with E-state index in [-0.39, 0.29) is 0 Å². The molecule has 2 aromatic rings. The molecule has 1 unspecified atom stereocenters. The van der Waals surface area contributed by atoms with Crippen LogP contribution in [0.15, 0.2) is 72.3 Å². The van der Waals surface area contributed by atoms with Crippen LogP contribution < -0.4 is 10.6 Å². The molecule has 0 radical (unpaired) electrons. The minimum atomic E-state index is -6.75. The second-order valence-electron chi connectivity index (χ2n) is 6.40. The maximum absolute atomic E-state index is 16.3. The molecule has 0 aromatic heterocycles. The van der Waals surface area contributed by atoms with Crippen LogP contribution in [0.4, 0.5) is 43.7 Å². The van der Waals surface area contributed by atoms with Gasteiger partial charge in [0.1, 0.15) is 0 Å². The van der Waals surface area contributed by atoms with Gasteiger partial charge in [-0.3, -0.25) is 0 Å². The molecule has 1 atom stereocenters. The molecule has 0 saturated carbocycles. The van der Waals surface area contributed by atoms with E-state index in [4.69, 9.17) is 0 Å². The third kappa shape index (κ3) is 2.44. The van der Waals surface area contributed by atoms with E-state index in [1.807, 2.05) is 0 Å². The fraction of sp³-hybridized carbons (Fsp3) is 0.222. The summed E-state index contributed by atoms with van der Waals surface area (Å²) in [6.45, 7) is 0. The van der Waals surface area contributed by atoms with Gasteiger partial charge in [0.05, 0.1) is 0 Å². The van der Waals surface area contributed by atoms with E-state index in [2.05, 4.69) is 0 Å². The molecule has 0 fully saturated rings. The summed E-state index contributed by atoms with van der Waals surface area (Å²) >= 11 is 0. The van der Waals surface area contributed by atoms with E-state index >= 15 is 8.59 Å². The molecular formula is C18H11F10P. The Kier molecular flexibility index (Phi) is 4.81. The second kappa shape index (κ2) is 6.45. The average molecular weight is 448 g/mol. The zero-order valence-electron chi connectivity index (χ0n) is 14.1. The first-order chi connectivity index (χ1) is 13.3. The zero-order chi connectivity index (χ0) is 21.9. The molecule has 1 aliphatic carbocycles. The zero-order valence-corrected chi connectivity index (χ0v) is 15.1. The van der Waals surface area contributed by atoms with Gasteiger partial charge in [-0.25, -0.2) is 0 Å². The van der Waals surface area contributed by atoms with Crippen LogP contribution in [0.1, 0.15) is 0 Å². The van der Waals surface area contributed by atoms with Crippen molar-refractivity contribution in [3.63, 3.8) is 0 Å². The van der Waals surface area contributed by atoms with E-state index in [0.717, 1.165) is 24.3 Å². The van der Waals surface area contributed by atoms with Gasteiger partial charge in [0.15, 0.2) is 0 Å². The molecule has 0 spiro atoms. The summed E-state index contributed by atoms with van der Waals surface area (Å²) in [5.41, 5.74) is 0. The molecule has 0 N–H and O–H groups in total. The molecule has 0 bridgehead atoms. The number of allylic oxidation sites excluding steroid dienone is 2. The van der Waals surface area contributed by atoms with Gasteiger partial charge in [-0.1, -0.05) is 0 Å². The quantitative estimate of drug-likeness (QED) is 0.399. The van der Waals surface area contributed by atoms with Crippen molar-refractivity contribution in [2.45, 2.75) is 23.2 Å². The van der Waals surface area contributed by atoms with Crippen molar-refractivity contribution >= 4 is 18.2 Å². The third-order valence-electron chi connectivity index (χ3n) is 4.81. The van der Waals surface area contributed by atoms with Crippen LogP contribution in [0.2, 0.25) is 0 Å². The molecule has 0 aliphatic heterocycles. The van der Waals surface area contributed by atoms with Crippen molar-refractivity contribution < 1.29 is 43.7 Å². The predicted molar refractivity (Wildman–Crippen MR) is 89.5 cm³/mol. The minimum absolute atomic E-state index is 0.715. The van der Waals surface area contributed by atoms with Gasteiger partial charge < -0.3 is 0 Å². The fourth-order valence-corrected chi connectivity index (χ4v) is 6.68. The van der Waals surface area contributed by atoms with E-state index in [1.165, 1.54) is 12.1 Å². The number of rotatable bonds is 3. The Morgan fingerprint density at radius 2 is 0.931 bits per heavy atom. The Bertz CT molecular complexity index is 902. The normalized spacial score (nSPS) is 26.3. The summed E-state index contributed by atoms with van der Waals surface area (Å²) in [5.74, 6) is -27.1. The summed E-state index contributed by atoms with van der Waals surface area (Å²) in [6, 6.07) is 9.43. The van der Waals surface area contributed by atoms with Gasteiger partial charge in [0, 0.05) is 0 Å². The van der Waals surface area contributed by atoms with Crippen molar-refractivity contribution in [1.82, 2.24) is 0 Å². The first-order valence-electron chi connectivity index (χ1n) is 7.96. The van der Waals surface area contributed by atoms with Gasteiger partial charge >= 0.3 is 157 Å². The Labute approximate surface area is 158 Å². The fourth-order valence-electron chi connectivity index (χ4n) is 3.25. The van der Waals surface area contributed by atoms with E-state index in [0.29, 0.717) is 24.3 Å². The first-order valence-corrected chi connectivity index (χ1v) is 9.84. The van der Waals surface area contributed by atoms with Crippen molar-refractivity contribution in [3.8, 4) is 0 Å². The van der Waals surface area contributed by atoms with Crippen LogP contribution in [-0.4, -0.2) is 23.2 Å². The molecule has 0 amide bonds. The van der Waals surface area contributed by atoms with Crippen molar-refractivity contribution in [2.24, 2.45) is 0 Å². The van der Waals surface area contributed by atoms with Crippen LogP contribution >= 0.6 is 7.57 Å². The maximum atomic E-state index is 16.3. The van der Waals surface area contributed by atoms with Crippen LogP contribution in [-0.2, 0) is 0 Å². The van der Waals surface area contributed by atoms with E-state index in [1.54, 1.807) is 0 Å². The molecule has 29 heavy (non-hydrogen) atoms. The number of benzene rings is 2. The predicted octanol–water partition coefficient (Wildman–Crippen LogP) is 6.01. The number of halogens is 10. The van der Waals surface area contributed by atoms with Gasteiger partial charge in [-0.15, -0.1) is 0 Å². The molecular weight excluding hydrogens is 437 g/mol. The van der Waals surface area contributed by atoms with E-state index < -0.39 is 53.0 Å². The summed E-state index contributed by atoms with van der Waals surface area (Å²) in [6.07, 6.45) is 0. The van der Waals surface area contributed by atoms with Gasteiger partial charge in [0.2, 0.25) is 0 Å². The molecule has 2 aromatic carbocycles.